The molecule has 3 N–H and O–H groups in total. The molecule has 8 nitrogen and oxygen atoms in total. The first kappa shape index (κ1) is 27.0. The molecule has 1 heterocycles. The second-order valence-electron chi connectivity index (χ2n) is 9.70. The minimum Gasteiger partial charge on any atom is -0.486 e. The largest absolute Gasteiger partial charge is 0.486 e. The van der Waals surface area contributed by atoms with E-state index < -0.39 is 27.6 Å². The molecule has 2 aromatic rings. The second-order valence-corrected chi connectivity index (χ2v) is 11.6. The maximum Gasteiger partial charge on any atom is 0.243 e. The molecule has 0 aliphatic carbocycles. The maximum atomic E-state index is 13.8. The number of aliphatic hydroxyl groups is 1. The van der Waals surface area contributed by atoms with Crippen LogP contribution in [0.4, 0.5) is 0 Å². The van der Waals surface area contributed by atoms with Crippen LogP contribution in [0.15, 0.2) is 53.4 Å². The number of hydrogen-bond donors (Lipinski definition) is 2. The summed E-state index contributed by atoms with van der Waals surface area (Å²) in [5.41, 5.74) is 6.84. The fourth-order valence-electron chi connectivity index (χ4n) is 4.15. The Balaban J connectivity index is 1.84. The number of ether oxygens (including phenoxy) is 2. The molecule has 1 aliphatic heterocycles. The number of fused-ring (bicyclic) bond motifs is 1. The van der Waals surface area contributed by atoms with Crippen LogP contribution in [0, 0.1) is 16.7 Å². The Hall–Kier alpha value is -2.64. The summed E-state index contributed by atoms with van der Waals surface area (Å²) >= 11 is 0. The molecule has 0 radical (unpaired) electrons. The van der Waals surface area contributed by atoms with Gasteiger partial charge >= 0.3 is 0 Å². The van der Waals surface area contributed by atoms with Gasteiger partial charge in [0.25, 0.3) is 0 Å². The number of nitriles is 1. The van der Waals surface area contributed by atoms with E-state index in [1.807, 2.05) is 44.2 Å². The van der Waals surface area contributed by atoms with Crippen LogP contribution < -0.4 is 15.2 Å². The molecular weight excluding hydrogens is 466 g/mol. The molecule has 3 rings (SSSR count). The number of sulfonamides is 1. The third-order valence-electron chi connectivity index (χ3n) is 6.10. The average molecular weight is 502 g/mol. The minimum absolute atomic E-state index is 0.0680. The minimum atomic E-state index is -3.98. The van der Waals surface area contributed by atoms with Crippen molar-refractivity contribution in [3.63, 3.8) is 0 Å². The van der Waals surface area contributed by atoms with Crippen molar-refractivity contribution >= 4 is 10.0 Å². The van der Waals surface area contributed by atoms with Crippen molar-refractivity contribution < 1.29 is 23.0 Å². The maximum absolute atomic E-state index is 13.8. The van der Waals surface area contributed by atoms with Gasteiger partial charge in [-0.2, -0.15) is 9.57 Å². The van der Waals surface area contributed by atoms with E-state index in [9.17, 15) is 13.5 Å². The molecule has 1 aliphatic rings. The summed E-state index contributed by atoms with van der Waals surface area (Å²) in [6.45, 7) is 4.71. The normalized spacial score (nSPS) is 15.4. The van der Waals surface area contributed by atoms with Crippen molar-refractivity contribution in [1.82, 2.24) is 4.31 Å². The SMILES string of the molecule is CC(C)(CCCC#N)CN(CC(O)[C@@H](N)Cc1ccccc1)S(=O)(=O)c1ccc2c(c1)OCCO2. The van der Waals surface area contributed by atoms with Gasteiger partial charge in [-0.25, -0.2) is 8.42 Å². The quantitative estimate of drug-likeness (QED) is 0.428. The topological polar surface area (TPSA) is 126 Å². The van der Waals surface area contributed by atoms with Crippen molar-refractivity contribution in [2.24, 2.45) is 11.1 Å². The van der Waals surface area contributed by atoms with Crippen LogP contribution in [0.5, 0.6) is 11.5 Å². The number of nitrogens with zero attached hydrogens (tertiary/aromatic N) is 2. The fourth-order valence-corrected chi connectivity index (χ4v) is 5.81. The Bertz CT molecular complexity index is 1120. The summed E-state index contributed by atoms with van der Waals surface area (Å²) in [7, 11) is -3.98. The number of aliphatic hydroxyl groups excluding tert-OH is 1. The Morgan fingerprint density at radius 3 is 2.51 bits per heavy atom. The first-order valence-electron chi connectivity index (χ1n) is 11.9. The van der Waals surface area contributed by atoms with Gasteiger partial charge in [0.05, 0.1) is 17.1 Å². The first-order valence-corrected chi connectivity index (χ1v) is 13.3. The lowest BCUT2D eigenvalue weighted by molar-refractivity contribution is 0.106. The summed E-state index contributed by atoms with van der Waals surface area (Å²) < 4.78 is 39.9. The van der Waals surface area contributed by atoms with E-state index >= 15 is 0 Å². The van der Waals surface area contributed by atoms with Crippen LogP contribution in [-0.2, 0) is 16.4 Å². The predicted molar refractivity (Wildman–Crippen MR) is 134 cm³/mol. The van der Waals surface area contributed by atoms with E-state index in [0.717, 1.165) is 5.56 Å². The Kier molecular flexibility index (Phi) is 9.14. The lowest BCUT2D eigenvalue weighted by Crippen LogP contribution is -2.49. The van der Waals surface area contributed by atoms with Gasteiger partial charge < -0.3 is 20.3 Å². The number of rotatable bonds is 12. The van der Waals surface area contributed by atoms with Gasteiger partial charge in [-0.1, -0.05) is 44.2 Å². The van der Waals surface area contributed by atoms with E-state index in [2.05, 4.69) is 6.07 Å². The molecule has 2 atom stereocenters. The van der Waals surface area contributed by atoms with Crippen molar-refractivity contribution in [3.8, 4) is 17.6 Å². The molecule has 9 heteroatoms. The highest BCUT2D eigenvalue weighted by molar-refractivity contribution is 7.89. The molecular formula is C26H35N3O5S. The highest BCUT2D eigenvalue weighted by Crippen LogP contribution is 2.34. The molecule has 1 unspecified atom stereocenters. The predicted octanol–water partition coefficient (Wildman–Crippen LogP) is 3.10. The van der Waals surface area contributed by atoms with Crippen molar-refractivity contribution in [2.75, 3.05) is 26.3 Å². The van der Waals surface area contributed by atoms with Crippen LogP contribution in [0.1, 0.15) is 38.7 Å². The van der Waals surface area contributed by atoms with Gasteiger partial charge in [0.1, 0.15) is 13.2 Å². The molecule has 0 amide bonds. The van der Waals surface area contributed by atoms with Gasteiger partial charge in [0.15, 0.2) is 11.5 Å². The molecule has 2 aromatic carbocycles. The summed E-state index contributed by atoms with van der Waals surface area (Å²) in [4.78, 5) is 0.0680. The Morgan fingerprint density at radius 1 is 1.14 bits per heavy atom. The van der Waals surface area contributed by atoms with Crippen LogP contribution in [0.2, 0.25) is 0 Å². The van der Waals surface area contributed by atoms with Crippen molar-refractivity contribution in [1.29, 1.82) is 5.26 Å². The molecule has 0 bridgehead atoms. The third kappa shape index (κ3) is 7.42. The molecule has 0 fully saturated rings. The Labute approximate surface area is 208 Å². The van der Waals surface area contributed by atoms with Gasteiger partial charge in [0, 0.05) is 31.6 Å². The van der Waals surface area contributed by atoms with Gasteiger partial charge in [0.2, 0.25) is 10.0 Å². The number of nitrogens with two attached hydrogens (primary N) is 1. The molecule has 35 heavy (non-hydrogen) atoms. The lowest BCUT2D eigenvalue weighted by Gasteiger charge is -2.34. The lowest BCUT2D eigenvalue weighted by atomic mass is 9.87. The zero-order valence-electron chi connectivity index (χ0n) is 20.4. The first-order chi connectivity index (χ1) is 16.6. The molecule has 0 saturated carbocycles. The van der Waals surface area contributed by atoms with Crippen molar-refractivity contribution in [3.05, 3.63) is 54.1 Å². The number of unbranched alkanes of at least 4 members (excludes halogenated alkanes) is 1. The second kappa shape index (κ2) is 11.9. The Morgan fingerprint density at radius 2 is 1.83 bits per heavy atom. The molecule has 0 aromatic heterocycles. The monoisotopic (exact) mass is 501 g/mol. The fraction of sp³-hybridized carbons (Fsp3) is 0.500. The summed E-state index contributed by atoms with van der Waals surface area (Å²) in [6.07, 6.45) is 1.09. The van der Waals surface area contributed by atoms with E-state index in [4.69, 9.17) is 20.5 Å². The van der Waals surface area contributed by atoms with Gasteiger partial charge in [-0.3, -0.25) is 0 Å². The van der Waals surface area contributed by atoms with Gasteiger partial charge in [-0.05, 0) is 42.4 Å². The number of hydrogen-bond acceptors (Lipinski definition) is 7. The van der Waals surface area contributed by atoms with Crippen LogP contribution in [0.25, 0.3) is 0 Å². The molecule has 0 spiro atoms. The summed E-state index contributed by atoms with van der Waals surface area (Å²) in [5, 5.41) is 19.8. The average Bonchev–Trinajstić information content (AvgIpc) is 2.83. The van der Waals surface area contributed by atoms with Crippen LogP contribution in [0.3, 0.4) is 0 Å². The molecule has 0 saturated heterocycles. The van der Waals surface area contributed by atoms with E-state index in [1.165, 1.54) is 16.4 Å². The summed E-state index contributed by atoms with van der Waals surface area (Å²) in [6, 6.07) is 15.6. The highest BCUT2D eigenvalue weighted by Gasteiger charge is 2.34. The zero-order chi connectivity index (χ0) is 25.5. The smallest absolute Gasteiger partial charge is 0.243 e. The standard InChI is InChI=1S/C26H35N3O5S/c1-26(2,12-6-7-13-27)19-29(18-23(30)22(28)16-20-8-4-3-5-9-20)35(31,32)21-10-11-24-25(17-21)34-15-14-33-24/h3-5,8-11,17,22-23,30H,6-7,12,14-16,18-19,28H2,1-2H3/t22-,23?/m0/s1. The zero-order valence-corrected chi connectivity index (χ0v) is 21.2. The van der Waals surface area contributed by atoms with Gasteiger partial charge in [-0.15, -0.1) is 0 Å². The van der Waals surface area contributed by atoms with E-state index in [0.29, 0.717) is 50.4 Å². The third-order valence-corrected chi connectivity index (χ3v) is 7.90. The van der Waals surface area contributed by atoms with Crippen LogP contribution in [-0.4, -0.2) is 56.3 Å². The van der Waals surface area contributed by atoms with Crippen LogP contribution >= 0.6 is 0 Å². The summed E-state index contributed by atoms with van der Waals surface area (Å²) in [5.74, 6) is 0.885. The van der Waals surface area contributed by atoms with Crippen molar-refractivity contribution in [2.45, 2.75) is 56.6 Å². The highest BCUT2D eigenvalue weighted by atomic mass is 32.2. The number of benzene rings is 2. The van der Waals surface area contributed by atoms with E-state index in [1.54, 1.807) is 6.07 Å². The van der Waals surface area contributed by atoms with E-state index in [-0.39, 0.29) is 18.0 Å². The molecule has 190 valence electrons.